The average molecular weight is 368 g/mol. The summed E-state index contributed by atoms with van der Waals surface area (Å²) in [5, 5.41) is 0. The van der Waals surface area contributed by atoms with E-state index in [9.17, 15) is 8.78 Å². The second kappa shape index (κ2) is 9.17. The smallest absolute Gasteiger partial charge is 0.387 e. The third kappa shape index (κ3) is 5.55. The van der Waals surface area contributed by atoms with Gasteiger partial charge in [-0.25, -0.2) is 0 Å². The molecular formula is C23H22F2O2. The predicted molar refractivity (Wildman–Crippen MR) is 104 cm³/mol. The molecule has 0 aliphatic rings. The lowest BCUT2D eigenvalue weighted by Gasteiger charge is -2.08. The molecule has 0 aliphatic carbocycles. The van der Waals surface area contributed by atoms with E-state index in [2.05, 4.69) is 41.1 Å². The first-order chi connectivity index (χ1) is 13.1. The van der Waals surface area contributed by atoms with Crippen molar-refractivity contribution in [2.45, 2.75) is 26.4 Å². The summed E-state index contributed by atoms with van der Waals surface area (Å²) in [6, 6.07) is 23.2. The first-order valence-electron chi connectivity index (χ1n) is 9.00. The highest BCUT2D eigenvalue weighted by atomic mass is 19.3. The summed E-state index contributed by atoms with van der Waals surface area (Å²) in [6.45, 7) is -0.151. The monoisotopic (exact) mass is 368 g/mol. The van der Waals surface area contributed by atoms with Gasteiger partial charge in [-0.1, -0.05) is 48.5 Å². The maximum Gasteiger partial charge on any atom is 0.387 e. The van der Waals surface area contributed by atoms with Crippen molar-refractivity contribution in [2.24, 2.45) is 0 Å². The van der Waals surface area contributed by atoms with Gasteiger partial charge < -0.3 is 9.47 Å². The molecule has 3 aromatic carbocycles. The lowest BCUT2D eigenvalue weighted by molar-refractivity contribution is -0.0498. The molecule has 140 valence electrons. The standard InChI is InChI=1S/C23H22F2O2/c1-2-26-21-13-7-18(8-14-21)4-3-17-5-9-19(10-6-17)20-11-15-22(16-12-20)27-23(24)25/h5-16,23H,2-4H2,1H3. The fourth-order valence-corrected chi connectivity index (χ4v) is 2.90. The molecule has 0 unspecified atom stereocenters. The normalized spacial score (nSPS) is 10.8. The molecule has 0 aromatic heterocycles. The minimum absolute atomic E-state index is 0.167. The number of benzene rings is 3. The number of halogens is 2. The van der Waals surface area contributed by atoms with Crippen LogP contribution >= 0.6 is 0 Å². The molecule has 0 radical (unpaired) electrons. The molecule has 2 nitrogen and oxygen atoms in total. The van der Waals surface area contributed by atoms with E-state index in [4.69, 9.17) is 4.74 Å². The number of ether oxygens (including phenoxy) is 2. The number of hydrogen-bond acceptors (Lipinski definition) is 2. The van der Waals surface area contributed by atoms with Gasteiger partial charge in [-0.2, -0.15) is 8.78 Å². The third-order valence-corrected chi connectivity index (χ3v) is 4.30. The minimum Gasteiger partial charge on any atom is -0.494 e. The van der Waals surface area contributed by atoms with Crippen LogP contribution < -0.4 is 9.47 Å². The highest BCUT2D eigenvalue weighted by molar-refractivity contribution is 5.64. The van der Waals surface area contributed by atoms with Crippen LogP contribution in [-0.4, -0.2) is 13.2 Å². The zero-order valence-electron chi connectivity index (χ0n) is 15.2. The first kappa shape index (κ1) is 18.9. The van der Waals surface area contributed by atoms with Crippen molar-refractivity contribution in [1.82, 2.24) is 0 Å². The highest BCUT2D eigenvalue weighted by Crippen LogP contribution is 2.24. The van der Waals surface area contributed by atoms with Crippen molar-refractivity contribution in [3.8, 4) is 22.6 Å². The van der Waals surface area contributed by atoms with Crippen LogP contribution in [0.3, 0.4) is 0 Å². The Labute approximate surface area is 158 Å². The summed E-state index contributed by atoms with van der Waals surface area (Å²) in [7, 11) is 0. The second-order valence-electron chi connectivity index (χ2n) is 6.18. The first-order valence-corrected chi connectivity index (χ1v) is 9.00. The van der Waals surface area contributed by atoms with Gasteiger partial charge in [-0.05, 0) is 66.3 Å². The molecule has 0 aliphatic heterocycles. The van der Waals surface area contributed by atoms with Gasteiger partial charge >= 0.3 is 6.61 Å². The highest BCUT2D eigenvalue weighted by Gasteiger charge is 2.05. The van der Waals surface area contributed by atoms with E-state index < -0.39 is 6.61 Å². The second-order valence-corrected chi connectivity index (χ2v) is 6.18. The van der Waals surface area contributed by atoms with Gasteiger partial charge in [0.1, 0.15) is 11.5 Å². The van der Waals surface area contributed by atoms with Gasteiger partial charge in [0, 0.05) is 0 Å². The number of alkyl halides is 2. The Hall–Kier alpha value is -2.88. The third-order valence-electron chi connectivity index (χ3n) is 4.30. The Bertz CT molecular complexity index is 826. The van der Waals surface area contributed by atoms with Crippen LogP contribution in [0.2, 0.25) is 0 Å². The summed E-state index contributed by atoms with van der Waals surface area (Å²) < 4.78 is 34.3. The lowest BCUT2D eigenvalue weighted by atomic mass is 10.0. The van der Waals surface area contributed by atoms with Gasteiger partial charge in [0.15, 0.2) is 0 Å². The molecule has 0 saturated carbocycles. The molecule has 27 heavy (non-hydrogen) atoms. The number of hydrogen-bond donors (Lipinski definition) is 0. The van der Waals surface area contributed by atoms with Crippen LogP contribution in [0, 0.1) is 0 Å². The molecule has 0 fully saturated rings. The summed E-state index contributed by atoms with van der Waals surface area (Å²) in [4.78, 5) is 0. The van der Waals surface area contributed by atoms with E-state index in [-0.39, 0.29) is 5.75 Å². The number of aryl methyl sites for hydroxylation is 2. The van der Waals surface area contributed by atoms with Crippen molar-refractivity contribution in [3.63, 3.8) is 0 Å². The largest absolute Gasteiger partial charge is 0.494 e. The van der Waals surface area contributed by atoms with E-state index in [0.717, 1.165) is 29.7 Å². The van der Waals surface area contributed by atoms with E-state index in [0.29, 0.717) is 6.61 Å². The average Bonchev–Trinajstić information content (AvgIpc) is 2.68. The Morgan fingerprint density at radius 3 is 1.59 bits per heavy atom. The molecule has 0 amide bonds. The molecule has 0 bridgehead atoms. The molecule has 4 heteroatoms. The maximum absolute atomic E-state index is 12.2. The van der Waals surface area contributed by atoms with E-state index >= 15 is 0 Å². The quantitative estimate of drug-likeness (QED) is 0.475. The van der Waals surface area contributed by atoms with Gasteiger partial charge in [-0.3, -0.25) is 0 Å². The molecule has 0 spiro atoms. The molecular weight excluding hydrogens is 346 g/mol. The Kier molecular flexibility index (Phi) is 6.42. The topological polar surface area (TPSA) is 18.5 Å². The Morgan fingerprint density at radius 2 is 1.11 bits per heavy atom. The fourth-order valence-electron chi connectivity index (χ4n) is 2.90. The van der Waals surface area contributed by atoms with Crippen molar-refractivity contribution in [1.29, 1.82) is 0 Å². The van der Waals surface area contributed by atoms with E-state index in [1.165, 1.54) is 11.1 Å². The molecule has 0 atom stereocenters. The lowest BCUT2D eigenvalue weighted by Crippen LogP contribution is -2.01. The van der Waals surface area contributed by atoms with Crippen LogP contribution in [-0.2, 0) is 12.8 Å². The van der Waals surface area contributed by atoms with Gasteiger partial charge in [0.25, 0.3) is 0 Å². The van der Waals surface area contributed by atoms with Crippen molar-refractivity contribution in [2.75, 3.05) is 6.61 Å². The van der Waals surface area contributed by atoms with Crippen LogP contribution in [0.15, 0.2) is 72.8 Å². The zero-order chi connectivity index (χ0) is 19.1. The summed E-state index contributed by atoms with van der Waals surface area (Å²) in [5.74, 6) is 1.07. The van der Waals surface area contributed by atoms with Crippen molar-refractivity contribution < 1.29 is 18.3 Å². The van der Waals surface area contributed by atoms with Crippen molar-refractivity contribution in [3.05, 3.63) is 83.9 Å². The SMILES string of the molecule is CCOc1ccc(CCc2ccc(-c3ccc(OC(F)F)cc3)cc2)cc1. The van der Waals surface area contributed by atoms with Crippen LogP contribution in [0.1, 0.15) is 18.1 Å². The Balaban J connectivity index is 1.58. The summed E-state index contributed by atoms with van der Waals surface area (Å²) in [6.07, 6.45) is 1.92. The molecule has 0 saturated heterocycles. The van der Waals surface area contributed by atoms with Gasteiger partial charge in [0.2, 0.25) is 0 Å². The molecule has 0 heterocycles. The summed E-state index contributed by atoms with van der Waals surface area (Å²) >= 11 is 0. The summed E-state index contributed by atoms with van der Waals surface area (Å²) in [5.41, 5.74) is 4.54. The van der Waals surface area contributed by atoms with Gasteiger partial charge in [0.05, 0.1) is 6.61 Å². The zero-order valence-corrected chi connectivity index (χ0v) is 15.2. The van der Waals surface area contributed by atoms with Gasteiger partial charge in [-0.15, -0.1) is 0 Å². The van der Waals surface area contributed by atoms with Crippen LogP contribution in [0.5, 0.6) is 11.5 Å². The van der Waals surface area contributed by atoms with Crippen molar-refractivity contribution >= 4 is 0 Å². The fraction of sp³-hybridized carbons (Fsp3) is 0.217. The predicted octanol–water partition coefficient (Wildman–Crippen LogP) is 6.14. The van der Waals surface area contributed by atoms with Crippen LogP contribution in [0.4, 0.5) is 8.78 Å². The van der Waals surface area contributed by atoms with Crippen LogP contribution in [0.25, 0.3) is 11.1 Å². The number of rotatable bonds is 8. The molecule has 3 aromatic rings. The van der Waals surface area contributed by atoms with E-state index in [1.54, 1.807) is 24.3 Å². The Morgan fingerprint density at radius 1 is 0.667 bits per heavy atom. The minimum atomic E-state index is -2.80. The maximum atomic E-state index is 12.2. The molecule has 0 N–H and O–H groups in total. The molecule has 3 rings (SSSR count). The van der Waals surface area contributed by atoms with E-state index in [1.807, 2.05) is 19.1 Å².